The van der Waals surface area contributed by atoms with Gasteiger partial charge in [-0.2, -0.15) is 0 Å². The summed E-state index contributed by atoms with van der Waals surface area (Å²) >= 11 is 0. The molecule has 0 amide bonds. The van der Waals surface area contributed by atoms with Crippen LogP contribution < -0.4 is 15.0 Å². The van der Waals surface area contributed by atoms with E-state index >= 15 is 0 Å². The van der Waals surface area contributed by atoms with Crippen LogP contribution in [0.1, 0.15) is 30.5 Å². The standard InChI is InChI=1S/C50H48N2Si/c1-7-36-19-25-39(26-20-36)51(38-23-17-35(3)18-24-38)49-33-47-44-14-10-12-16-46(44)50(34-48(47)43-13-9-11-15-45(43)49)52(40-27-21-37(8-2)22-28-40)41-29-31-42(32-30-41)53(4,5)6/h9-34H,7-8H2,1-6H3. The highest BCUT2D eigenvalue weighted by molar-refractivity contribution is 6.88. The quantitative estimate of drug-likeness (QED) is 0.109. The van der Waals surface area contributed by atoms with Crippen LogP contribution in [0.3, 0.4) is 0 Å². The highest BCUT2D eigenvalue weighted by atomic mass is 28.3. The zero-order chi connectivity index (χ0) is 36.7. The van der Waals surface area contributed by atoms with Crippen molar-refractivity contribution in [1.82, 2.24) is 0 Å². The second-order valence-electron chi connectivity index (χ2n) is 15.3. The van der Waals surface area contributed by atoms with Gasteiger partial charge in [0.2, 0.25) is 0 Å². The largest absolute Gasteiger partial charge is 0.310 e. The second-order valence-corrected chi connectivity index (χ2v) is 20.4. The van der Waals surface area contributed by atoms with Crippen molar-refractivity contribution in [2.45, 2.75) is 53.3 Å². The lowest BCUT2D eigenvalue weighted by atomic mass is 9.93. The van der Waals surface area contributed by atoms with Crippen LogP contribution in [0, 0.1) is 6.92 Å². The molecule has 262 valence electrons. The molecule has 8 rings (SSSR count). The average Bonchev–Trinajstić information content (AvgIpc) is 3.19. The van der Waals surface area contributed by atoms with Crippen molar-refractivity contribution < 1.29 is 0 Å². The Morgan fingerprint density at radius 2 is 0.736 bits per heavy atom. The number of hydrogen-bond donors (Lipinski definition) is 0. The molecule has 0 aromatic heterocycles. The molecule has 0 aliphatic carbocycles. The maximum atomic E-state index is 2.46. The minimum Gasteiger partial charge on any atom is -0.310 e. The van der Waals surface area contributed by atoms with E-state index in [-0.39, 0.29) is 0 Å². The summed E-state index contributed by atoms with van der Waals surface area (Å²) in [5.74, 6) is 0. The molecule has 0 saturated carbocycles. The van der Waals surface area contributed by atoms with E-state index in [1.165, 1.54) is 71.3 Å². The molecule has 8 aromatic rings. The lowest BCUT2D eigenvalue weighted by Gasteiger charge is -2.30. The first-order valence-electron chi connectivity index (χ1n) is 19.1. The SMILES string of the molecule is CCc1ccc(N(c2ccc(C)cc2)c2cc3c4ccccc4c(N(c4ccc(CC)cc4)c4ccc([Si](C)(C)C)cc4)cc3c3ccccc23)cc1. The first kappa shape index (κ1) is 34.4. The molecular formula is C50H48N2Si. The molecule has 3 heteroatoms. The van der Waals surface area contributed by atoms with E-state index in [9.17, 15) is 0 Å². The Balaban J connectivity index is 1.42. The smallest absolute Gasteiger partial charge is 0.0775 e. The molecule has 0 fully saturated rings. The average molecular weight is 705 g/mol. The Hall–Kier alpha value is -5.64. The van der Waals surface area contributed by atoms with Gasteiger partial charge in [-0.25, -0.2) is 0 Å². The van der Waals surface area contributed by atoms with Crippen molar-refractivity contribution in [3.63, 3.8) is 0 Å². The molecule has 0 heterocycles. The molecule has 8 aromatic carbocycles. The van der Waals surface area contributed by atoms with Gasteiger partial charge in [-0.3, -0.25) is 0 Å². The topological polar surface area (TPSA) is 6.48 Å². The Morgan fingerprint density at radius 3 is 1.09 bits per heavy atom. The normalized spacial score (nSPS) is 11.7. The summed E-state index contributed by atoms with van der Waals surface area (Å²) in [6, 6.07) is 59.3. The van der Waals surface area contributed by atoms with Gasteiger partial charge in [-0.15, -0.1) is 0 Å². The zero-order valence-corrected chi connectivity index (χ0v) is 32.8. The highest BCUT2D eigenvalue weighted by Gasteiger charge is 2.23. The maximum Gasteiger partial charge on any atom is 0.0775 e. The van der Waals surface area contributed by atoms with Crippen molar-refractivity contribution in [1.29, 1.82) is 0 Å². The predicted molar refractivity (Wildman–Crippen MR) is 235 cm³/mol. The van der Waals surface area contributed by atoms with Gasteiger partial charge >= 0.3 is 0 Å². The summed E-state index contributed by atoms with van der Waals surface area (Å²) in [6.07, 6.45) is 2.03. The molecule has 0 N–H and O–H groups in total. The van der Waals surface area contributed by atoms with Crippen LogP contribution in [0.4, 0.5) is 34.1 Å². The van der Waals surface area contributed by atoms with Crippen molar-refractivity contribution in [2.24, 2.45) is 0 Å². The van der Waals surface area contributed by atoms with Gasteiger partial charge in [0.25, 0.3) is 0 Å². The Bertz CT molecular complexity index is 2540. The molecule has 0 spiro atoms. The summed E-state index contributed by atoms with van der Waals surface area (Å²) in [5.41, 5.74) is 10.9. The van der Waals surface area contributed by atoms with E-state index in [2.05, 4.69) is 208 Å². The number of benzene rings is 8. The Morgan fingerprint density at radius 1 is 0.396 bits per heavy atom. The van der Waals surface area contributed by atoms with Gasteiger partial charge in [0.15, 0.2) is 0 Å². The fourth-order valence-electron chi connectivity index (χ4n) is 7.70. The summed E-state index contributed by atoms with van der Waals surface area (Å²) in [7, 11) is -1.47. The maximum absolute atomic E-state index is 2.46. The summed E-state index contributed by atoms with van der Waals surface area (Å²) in [5, 5.41) is 8.89. The fraction of sp³-hybridized carbons (Fsp3) is 0.160. The van der Waals surface area contributed by atoms with Crippen LogP contribution in [-0.2, 0) is 12.8 Å². The molecule has 0 aliphatic rings. The number of rotatable bonds is 9. The fourth-order valence-corrected chi connectivity index (χ4v) is 8.87. The third-order valence-electron chi connectivity index (χ3n) is 10.8. The van der Waals surface area contributed by atoms with Crippen LogP contribution in [-0.4, -0.2) is 8.07 Å². The first-order chi connectivity index (χ1) is 25.7. The third kappa shape index (κ3) is 6.51. The van der Waals surface area contributed by atoms with Crippen LogP contribution in [0.5, 0.6) is 0 Å². The number of nitrogens with zero attached hydrogens (tertiary/aromatic N) is 2. The van der Waals surface area contributed by atoms with E-state index in [0.717, 1.165) is 29.9 Å². The molecule has 2 nitrogen and oxygen atoms in total. The van der Waals surface area contributed by atoms with Crippen LogP contribution in [0.15, 0.2) is 158 Å². The zero-order valence-electron chi connectivity index (χ0n) is 31.8. The molecule has 0 bridgehead atoms. The van der Waals surface area contributed by atoms with Gasteiger partial charge in [0.1, 0.15) is 0 Å². The number of anilines is 6. The molecule has 53 heavy (non-hydrogen) atoms. The van der Waals surface area contributed by atoms with E-state index < -0.39 is 8.07 Å². The predicted octanol–water partition coefficient (Wildman–Crippen LogP) is 14.1. The van der Waals surface area contributed by atoms with Gasteiger partial charge in [0, 0.05) is 33.5 Å². The van der Waals surface area contributed by atoms with E-state index in [4.69, 9.17) is 0 Å². The second kappa shape index (κ2) is 14.1. The van der Waals surface area contributed by atoms with Crippen LogP contribution in [0.2, 0.25) is 19.6 Å². The molecule has 0 aliphatic heterocycles. The lowest BCUT2D eigenvalue weighted by molar-refractivity contribution is 1.14. The van der Waals surface area contributed by atoms with Crippen LogP contribution >= 0.6 is 0 Å². The Kier molecular flexibility index (Phi) is 9.14. The van der Waals surface area contributed by atoms with Crippen molar-refractivity contribution in [3.8, 4) is 0 Å². The summed E-state index contributed by atoms with van der Waals surface area (Å²) in [4.78, 5) is 4.90. The van der Waals surface area contributed by atoms with E-state index in [1.807, 2.05) is 0 Å². The number of hydrogen-bond acceptors (Lipinski definition) is 2. The third-order valence-corrected chi connectivity index (χ3v) is 12.9. The summed E-state index contributed by atoms with van der Waals surface area (Å²) in [6.45, 7) is 13.8. The number of fused-ring (bicyclic) bond motifs is 5. The van der Waals surface area contributed by atoms with Gasteiger partial charge in [-0.1, -0.05) is 141 Å². The van der Waals surface area contributed by atoms with Crippen LogP contribution in [0.25, 0.3) is 32.3 Å². The lowest BCUT2D eigenvalue weighted by Crippen LogP contribution is -2.37. The van der Waals surface area contributed by atoms with Gasteiger partial charge in [-0.05, 0) is 113 Å². The van der Waals surface area contributed by atoms with Gasteiger partial charge in [0.05, 0.1) is 19.4 Å². The molecular weight excluding hydrogens is 657 g/mol. The molecule has 0 saturated heterocycles. The minimum atomic E-state index is -1.47. The minimum absolute atomic E-state index is 1.01. The summed E-state index contributed by atoms with van der Waals surface area (Å²) < 4.78 is 0. The van der Waals surface area contributed by atoms with E-state index in [0.29, 0.717) is 0 Å². The van der Waals surface area contributed by atoms with Crippen molar-refractivity contribution in [2.75, 3.05) is 9.80 Å². The molecule has 0 radical (unpaired) electrons. The molecule has 0 atom stereocenters. The van der Waals surface area contributed by atoms with Crippen molar-refractivity contribution in [3.05, 3.63) is 174 Å². The van der Waals surface area contributed by atoms with E-state index in [1.54, 1.807) is 0 Å². The number of aryl methyl sites for hydroxylation is 3. The van der Waals surface area contributed by atoms with Crippen molar-refractivity contribution >= 4 is 79.7 Å². The highest BCUT2D eigenvalue weighted by Crippen LogP contribution is 2.47. The Labute approximate surface area is 316 Å². The molecule has 0 unspecified atom stereocenters. The monoisotopic (exact) mass is 704 g/mol. The first-order valence-corrected chi connectivity index (χ1v) is 22.6. The van der Waals surface area contributed by atoms with Gasteiger partial charge < -0.3 is 9.80 Å².